The number of benzene rings is 2. The van der Waals surface area contributed by atoms with Crippen LogP contribution in [0.4, 0.5) is 23.7 Å². The number of nitrogens with one attached hydrogen (secondary N) is 2. The second-order valence-electron chi connectivity index (χ2n) is 9.45. The highest BCUT2D eigenvalue weighted by Crippen LogP contribution is 2.37. The molecule has 37 heavy (non-hydrogen) atoms. The van der Waals surface area contributed by atoms with Crippen LogP contribution in [0.15, 0.2) is 52.2 Å². The van der Waals surface area contributed by atoms with Gasteiger partial charge < -0.3 is 20.1 Å². The molecule has 0 spiro atoms. The van der Waals surface area contributed by atoms with Crippen molar-refractivity contribution in [1.29, 1.82) is 0 Å². The molecule has 3 aromatic rings. The Morgan fingerprint density at radius 2 is 1.70 bits per heavy atom. The topological polar surface area (TPSA) is 73.4 Å². The highest BCUT2D eigenvalue weighted by atomic mass is 35.5. The van der Waals surface area contributed by atoms with E-state index in [9.17, 15) is 22.8 Å². The summed E-state index contributed by atoms with van der Waals surface area (Å²) in [6, 6.07) is 11.4. The number of H-pyrrole nitrogens is 1. The lowest BCUT2D eigenvalue weighted by Gasteiger charge is -2.41. The van der Waals surface area contributed by atoms with E-state index in [1.807, 2.05) is 16.7 Å². The number of hydrogen-bond acceptors (Lipinski definition) is 4. The van der Waals surface area contributed by atoms with Crippen molar-refractivity contribution < 1.29 is 18.0 Å². The molecular formula is C25H27ClF3N5O2S. The fraction of sp³-hybridized carbons (Fsp3) is 0.440. The maximum absolute atomic E-state index is 12.7. The minimum absolute atomic E-state index is 0.0328. The van der Waals surface area contributed by atoms with Crippen LogP contribution in [0.5, 0.6) is 0 Å². The highest BCUT2D eigenvalue weighted by molar-refractivity contribution is 8.00. The number of thioether (sulfide) groups is 1. The van der Waals surface area contributed by atoms with E-state index in [-0.39, 0.29) is 34.4 Å². The summed E-state index contributed by atoms with van der Waals surface area (Å²) in [7, 11) is 0. The van der Waals surface area contributed by atoms with E-state index < -0.39 is 5.51 Å². The molecule has 2 amide bonds. The van der Waals surface area contributed by atoms with Crippen LogP contribution in [0.2, 0.25) is 5.02 Å². The first-order valence-corrected chi connectivity index (χ1v) is 13.4. The van der Waals surface area contributed by atoms with Gasteiger partial charge in [0, 0.05) is 53.9 Å². The molecule has 3 heterocycles. The molecule has 2 aliphatic heterocycles. The van der Waals surface area contributed by atoms with E-state index >= 15 is 0 Å². The van der Waals surface area contributed by atoms with Crippen LogP contribution >= 0.6 is 23.4 Å². The van der Waals surface area contributed by atoms with Gasteiger partial charge in [0.25, 0.3) is 0 Å². The number of rotatable bonds is 4. The molecule has 7 nitrogen and oxygen atoms in total. The second-order valence-corrected chi connectivity index (χ2v) is 11.0. The number of amides is 2. The average molecular weight is 554 g/mol. The Kier molecular flexibility index (Phi) is 7.46. The third-order valence-electron chi connectivity index (χ3n) is 7.13. The summed E-state index contributed by atoms with van der Waals surface area (Å²) >= 11 is 5.96. The van der Waals surface area contributed by atoms with Gasteiger partial charge in [-0.2, -0.15) is 13.2 Å². The first-order valence-electron chi connectivity index (χ1n) is 12.2. The number of urea groups is 1. The molecular weight excluding hydrogens is 527 g/mol. The zero-order valence-electron chi connectivity index (χ0n) is 19.9. The highest BCUT2D eigenvalue weighted by Gasteiger charge is 2.32. The Morgan fingerprint density at radius 1 is 1.00 bits per heavy atom. The van der Waals surface area contributed by atoms with Gasteiger partial charge in [0.2, 0.25) is 0 Å². The number of fused-ring (bicyclic) bond motifs is 1. The number of nitrogens with zero attached hydrogens (tertiary/aromatic N) is 3. The normalized spacial score (nSPS) is 18.4. The number of aromatic amines is 1. The molecule has 0 saturated carbocycles. The molecule has 1 aromatic heterocycles. The number of likely N-dealkylation sites (tertiary alicyclic amines) is 2. The third-order valence-corrected chi connectivity index (χ3v) is 8.09. The number of anilines is 1. The predicted octanol–water partition coefficient (Wildman–Crippen LogP) is 5.93. The van der Waals surface area contributed by atoms with Crippen molar-refractivity contribution in [3.05, 3.63) is 58.0 Å². The van der Waals surface area contributed by atoms with Crippen LogP contribution in [0.25, 0.3) is 11.0 Å². The molecule has 0 unspecified atom stereocenters. The number of carbonyl (C=O) groups excluding carboxylic acids is 1. The summed E-state index contributed by atoms with van der Waals surface area (Å²) in [5.41, 5.74) is -2.53. The van der Waals surface area contributed by atoms with Crippen molar-refractivity contribution in [1.82, 2.24) is 19.4 Å². The first-order chi connectivity index (χ1) is 17.7. The summed E-state index contributed by atoms with van der Waals surface area (Å²) < 4.78 is 39.8. The van der Waals surface area contributed by atoms with Gasteiger partial charge in [-0.25, -0.2) is 9.59 Å². The zero-order chi connectivity index (χ0) is 26.2. The molecule has 2 fully saturated rings. The van der Waals surface area contributed by atoms with Gasteiger partial charge in [-0.1, -0.05) is 17.7 Å². The Hall–Kier alpha value is -2.63. The van der Waals surface area contributed by atoms with Crippen LogP contribution in [-0.4, -0.2) is 63.1 Å². The van der Waals surface area contributed by atoms with E-state index in [0.29, 0.717) is 29.8 Å². The summed E-state index contributed by atoms with van der Waals surface area (Å²) in [5, 5.41) is 3.32. The van der Waals surface area contributed by atoms with Gasteiger partial charge in [-0.3, -0.25) is 4.57 Å². The monoisotopic (exact) mass is 553 g/mol. The quantitative estimate of drug-likeness (QED) is 0.393. The number of alkyl halides is 3. The molecule has 12 heteroatoms. The SMILES string of the molecule is O=C(Nc1cccc(SC(F)(F)F)c1)N1CCC(N2CCC(n3c(=O)[nH]c4ccc(Cl)cc43)CC2)CC1. The van der Waals surface area contributed by atoms with Gasteiger partial charge in [0.15, 0.2) is 0 Å². The number of hydrogen-bond donors (Lipinski definition) is 2. The second kappa shape index (κ2) is 10.6. The molecule has 0 bridgehead atoms. The summed E-state index contributed by atoms with van der Waals surface area (Å²) in [4.78, 5) is 32.4. The Bertz CT molecular complexity index is 1330. The van der Waals surface area contributed by atoms with Crippen molar-refractivity contribution in [3.8, 4) is 0 Å². The van der Waals surface area contributed by atoms with E-state index in [4.69, 9.17) is 11.6 Å². The largest absolute Gasteiger partial charge is 0.446 e. The minimum atomic E-state index is -4.38. The molecule has 2 aliphatic rings. The average Bonchev–Trinajstić information content (AvgIpc) is 3.18. The standard InChI is InChI=1S/C25H27ClF3N5O2S/c26-16-4-5-21-22(14-16)34(24(36)31-21)19-8-10-32(11-9-19)18-6-12-33(13-7-18)23(35)30-17-2-1-3-20(15-17)37-25(27,28)29/h1-5,14-15,18-19H,6-13H2,(H,30,35)(H,31,36). The first kappa shape index (κ1) is 26.0. The van der Waals surface area contributed by atoms with E-state index in [2.05, 4.69) is 15.2 Å². The van der Waals surface area contributed by atoms with Crippen molar-refractivity contribution in [3.63, 3.8) is 0 Å². The molecule has 0 aliphatic carbocycles. The van der Waals surface area contributed by atoms with E-state index in [1.165, 1.54) is 18.2 Å². The lowest BCUT2D eigenvalue weighted by molar-refractivity contribution is -0.0328. The maximum atomic E-state index is 12.7. The third kappa shape index (κ3) is 6.10. The van der Waals surface area contributed by atoms with Crippen LogP contribution in [0.1, 0.15) is 31.7 Å². The van der Waals surface area contributed by atoms with Crippen molar-refractivity contribution >= 4 is 46.1 Å². The van der Waals surface area contributed by atoms with Gasteiger partial charge in [0.1, 0.15) is 0 Å². The van der Waals surface area contributed by atoms with Crippen LogP contribution in [0.3, 0.4) is 0 Å². The number of halogens is 4. The fourth-order valence-corrected chi connectivity index (χ4v) is 6.14. The number of carbonyl (C=O) groups is 1. The van der Waals surface area contributed by atoms with E-state index in [0.717, 1.165) is 49.8 Å². The lowest BCUT2D eigenvalue weighted by Crippen LogP contribution is -2.50. The molecule has 2 saturated heterocycles. The van der Waals surface area contributed by atoms with Crippen molar-refractivity contribution in [2.75, 3.05) is 31.5 Å². The minimum Gasteiger partial charge on any atom is -0.324 e. The Balaban J connectivity index is 1.13. The van der Waals surface area contributed by atoms with Gasteiger partial charge in [-0.05, 0) is 73.8 Å². The number of imidazole rings is 1. The predicted molar refractivity (Wildman–Crippen MR) is 139 cm³/mol. The van der Waals surface area contributed by atoms with Crippen molar-refractivity contribution in [2.24, 2.45) is 0 Å². The summed E-state index contributed by atoms with van der Waals surface area (Å²) in [6.45, 7) is 2.89. The van der Waals surface area contributed by atoms with Crippen molar-refractivity contribution in [2.45, 2.75) is 48.2 Å². The molecule has 2 N–H and O–H groups in total. The van der Waals surface area contributed by atoms with Crippen LogP contribution in [-0.2, 0) is 0 Å². The number of aromatic nitrogens is 2. The Labute approximate surface area is 220 Å². The van der Waals surface area contributed by atoms with Gasteiger partial charge in [0.05, 0.1) is 11.0 Å². The molecule has 0 radical (unpaired) electrons. The molecule has 2 aromatic carbocycles. The molecule has 198 valence electrons. The van der Waals surface area contributed by atoms with Gasteiger partial charge >= 0.3 is 17.2 Å². The van der Waals surface area contributed by atoms with Crippen LogP contribution < -0.4 is 11.0 Å². The lowest BCUT2D eigenvalue weighted by atomic mass is 9.97. The Morgan fingerprint density at radius 3 is 2.41 bits per heavy atom. The summed E-state index contributed by atoms with van der Waals surface area (Å²) in [6.07, 6.45) is 3.36. The fourth-order valence-electron chi connectivity index (χ4n) is 5.37. The molecule has 5 rings (SSSR count). The number of piperidine rings is 2. The zero-order valence-corrected chi connectivity index (χ0v) is 21.5. The maximum Gasteiger partial charge on any atom is 0.446 e. The smallest absolute Gasteiger partial charge is 0.324 e. The van der Waals surface area contributed by atoms with Gasteiger partial charge in [-0.15, -0.1) is 0 Å². The van der Waals surface area contributed by atoms with E-state index in [1.54, 1.807) is 17.0 Å². The summed E-state index contributed by atoms with van der Waals surface area (Å²) in [5.74, 6) is 0. The van der Waals surface area contributed by atoms with Crippen LogP contribution in [0, 0.1) is 0 Å². The molecule has 0 atom stereocenters.